The molecule has 2 heterocycles. The minimum Gasteiger partial charge on any atom is -0.342 e. The molecule has 1 N–H and O–H groups in total. The van der Waals surface area contributed by atoms with Crippen molar-refractivity contribution >= 4 is 28.1 Å². The number of pyridine rings is 1. The molecule has 19 heavy (non-hydrogen) atoms. The van der Waals surface area contributed by atoms with Gasteiger partial charge in [-0.15, -0.1) is 0 Å². The first-order valence-electron chi connectivity index (χ1n) is 6.45. The monoisotopic (exact) mass is 335 g/mol. The van der Waals surface area contributed by atoms with E-state index in [0.29, 0.717) is 10.6 Å². The van der Waals surface area contributed by atoms with Crippen LogP contribution >= 0.6 is 28.1 Å². The van der Waals surface area contributed by atoms with Crippen molar-refractivity contribution in [2.75, 3.05) is 0 Å². The predicted molar refractivity (Wildman–Crippen MR) is 81.6 cm³/mol. The summed E-state index contributed by atoms with van der Waals surface area (Å²) in [7, 11) is 0. The molecule has 0 aliphatic heterocycles. The fourth-order valence-corrected chi connectivity index (χ4v) is 3.02. The third-order valence-electron chi connectivity index (χ3n) is 3.53. The maximum atomic E-state index is 5.28. The van der Waals surface area contributed by atoms with Crippen LogP contribution in [0.5, 0.6) is 0 Å². The van der Waals surface area contributed by atoms with Crippen LogP contribution < -0.4 is 0 Å². The number of hydrogen-bond donors (Lipinski definition) is 1. The van der Waals surface area contributed by atoms with Crippen LogP contribution in [0.4, 0.5) is 0 Å². The summed E-state index contributed by atoms with van der Waals surface area (Å²) in [5, 5.41) is 0. The van der Waals surface area contributed by atoms with Gasteiger partial charge >= 0.3 is 0 Å². The van der Waals surface area contributed by atoms with Gasteiger partial charge in [0.05, 0.1) is 0 Å². The Balaban J connectivity index is 2.01. The number of nitrogens with one attached hydrogen (secondary N) is 1. The van der Waals surface area contributed by atoms with Gasteiger partial charge in [0.15, 0.2) is 5.82 Å². The van der Waals surface area contributed by atoms with E-state index in [1.165, 1.54) is 31.4 Å². The summed E-state index contributed by atoms with van der Waals surface area (Å²) in [6, 6.07) is 5.90. The minimum absolute atomic E-state index is 0.596. The van der Waals surface area contributed by atoms with Crippen molar-refractivity contribution in [3.8, 4) is 11.5 Å². The second kappa shape index (κ2) is 5.51. The van der Waals surface area contributed by atoms with E-state index in [9.17, 15) is 0 Å². The summed E-state index contributed by atoms with van der Waals surface area (Å²) in [5.41, 5.74) is 2.03. The second-order valence-corrected chi connectivity index (χ2v) is 6.20. The SMILES string of the molecule is S=c1cc(C2CCCC2)[nH]c(-c2ccc(Br)cn2)n1. The van der Waals surface area contributed by atoms with Gasteiger partial charge in [-0.25, -0.2) is 4.98 Å². The standard InChI is InChI=1S/C14H14BrN3S/c15-10-5-6-11(16-8-10)14-17-12(7-13(19)18-14)9-3-1-2-4-9/h5-9H,1-4H2,(H,17,18,19). The van der Waals surface area contributed by atoms with Crippen molar-refractivity contribution in [3.05, 3.63) is 39.2 Å². The number of aromatic nitrogens is 3. The number of hydrogen-bond acceptors (Lipinski definition) is 3. The molecule has 1 aliphatic rings. The van der Waals surface area contributed by atoms with E-state index in [0.717, 1.165) is 16.0 Å². The van der Waals surface area contributed by atoms with E-state index in [4.69, 9.17) is 12.2 Å². The molecule has 1 saturated carbocycles. The fourth-order valence-electron chi connectivity index (χ4n) is 2.57. The molecule has 0 radical (unpaired) electrons. The van der Waals surface area contributed by atoms with Crippen LogP contribution in [0.1, 0.15) is 37.3 Å². The lowest BCUT2D eigenvalue weighted by Crippen LogP contribution is -2.01. The molecular formula is C14H14BrN3S. The summed E-state index contributed by atoms with van der Waals surface area (Å²) < 4.78 is 1.60. The third kappa shape index (κ3) is 2.92. The van der Waals surface area contributed by atoms with E-state index in [1.54, 1.807) is 6.20 Å². The van der Waals surface area contributed by atoms with Gasteiger partial charge in [-0.3, -0.25) is 4.98 Å². The molecule has 0 atom stereocenters. The smallest absolute Gasteiger partial charge is 0.157 e. The Labute approximate surface area is 125 Å². The van der Waals surface area contributed by atoms with E-state index in [-0.39, 0.29) is 0 Å². The first kappa shape index (κ1) is 12.9. The van der Waals surface area contributed by atoms with Crippen molar-refractivity contribution < 1.29 is 0 Å². The first-order valence-corrected chi connectivity index (χ1v) is 7.66. The van der Waals surface area contributed by atoms with Gasteiger partial charge in [0.25, 0.3) is 0 Å². The van der Waals surface area contributed by atoms with Crippen LogP contribution in [0.25, 0.3) is 11.5 Å². The Morgan fingerprint density at radius 1 is 1.26 bits per heavy atom. The largest absolute Gasteiger partial charge is 0.342 e. The average Bonchev–Trinajstić information content (AvgIpc) is 2.93. The van der Waals surface area contributed by atoms with Crippen LogP contribution in [0.3, 0.4) is 0 Å². The van der Waals surface area contributed by atoms with Crippen LogP contribution in [0, 0.1) is 4.64 Å². The number of aromatic amines is 1. The molecule has 98 valence electrons. The van der Waals surface area contributed by atoms with Gasteiger partial charge in [0.2, 0.25) is 0 Å². The minimum atomic E-state index is 0.596. The molecule has 3 nitrogen and oxygen atoms in total. The Morgan fingerprint density at radius 2 is 2.05 bits per heavy atom. The molecule has 1 aliphatic carbocycles. The van der Waals surface area contributed by atoms with E-state index in [1.807, 2.05) is 18.2 Å². The number of nitrogens with zero attached hydrogens (tertiary/aromatic N) is 2. The van der Waals surface area contributed by atoms with Gasteiger partial charge in [-0.1, -0.05) is 25.1 Å². The lowest BCUT2D eigenvalue weighted by Gasteiger charge is -2.11. The van der Waals surface area contributed by atoms with Crippen LogP contribution in [0.15, 0.2) is 28.9 Å². The first-order chi connectivity index (χ1) is 9.22. The van der Waals surface area contributed by atoms with Crippen LogP contribution in [-0.4, -0.2) is 15.0 Å². The summed E-state index contributed by atoms with van der Waals surface area (Å²) in [6.45, 7) is 0. The van der Waals surface area contributed by atoms with E-state index in [2.05, 4.69) is 30.9 Å². The van der Waals surface area contributed by atoms with Crippen molar-refractivity contribution in [2.45, 2.75) is 31.6 Å². The average molecular weight is 336 g/mol. The molecule has 0 saturated heterocycles. The number of H-pyrrole nitrogens is 1. The molecule has 0 amide bonds. The summed E-state index contributed by atoms with van der Waals surface area (Å²) in [5.74, 6) is 1.36. The second-order valence-electron chi connectivity index (χ2n) is 4.87. The van der Waals surface area contributed by atoms with Gasteiger partial charge in [-0.2, -0.15) is 0 Å². The van der Waals surface area contributed by atoms with Crippen molar-refractivity contribution in [1.82, 2.24) is 15.0 Å². The molecule has 0 bridgehead atoms. The predicted octanol–water partition coefficient (Wildman–Crippen LogP) is 4.62. The number of rotatable bonds is 2. The maximum Gasteiger partial charge on any atom is 0.157 e. The molecule has 2 aromatic rings. The van der Waals surface area contributed by atoms with Crippen molar-refractivity contribution in [3.63, 3.8) is 0 Å². The van der Waals surface area contributed by atoms with Crippen molar-refractivity contribution in [1.29, 1.82) is 0 Å². The molecule has 0 spiro atoms. The molecular weight excluding hydrogens is 322 g/mol. The summed E-state index contributed by atoms with van der Waals surface area (Å²) in [4.78, 5) is 12.2. The quantitative estimate of drug-likeness (QED) is 0.814. The van der Waals surface area contributed by atoms with Gasteiger partial charge < -0.3 is 4.98 Å². The van der Waals surface area contributed by atoms with Gasteiger partial charge in [-0.05, 0) is 52.9 Å². The normalized spacial score (nSPS) is 15.8. The zero-order valence-corrected chi connectivity index (χ0v) is 12.8. The topological polar surface area (TPSA) is 41.6 Å². The summed E-state index contributed by atoms with van der Waals surface area (Å²) in [6.07, 6.45) is 6.86. The highest BCUT2D eigenvalue weighted by Gasteiger charge is 2.18. The van der Waals surface area contributed by atoms with E-state index >= 15 is 0 Å². The summed E-state index contributed by atoms with van der Waals surface area (Å²) >= 11 is 8.67. The van der Waals surface area contributed by atoms with Gasteiger partial charge in [0, 0.05) is 16.4 Å². The lowest BCUT2D eigenvalue weighted by molar-refractivity contribution is 0.694. The molecule has 5 heteroatoms. The Hall–Kier alpha value is -1.07. The zero-order valence-electron chi connectivity index (χ0n) is 10.4. The molecule has 0 unspecified atom stereocenters. The van der Waals surface area contributed by atoms with Crippen LogP contribution in [-0.2, 0) is 0 Å². The highest BCUT2D eigenvalue weighted by Crippen LogP contribution is 2.33. The molecule has 2 aromatic heterocycles. The Kier molecular flexibility index (Phi) is 3.75. The third-order valence-corrected chi connectivity index (χ3v) is 4.21. The maximum absolute atomic E-state index is 5.28. The fraction of sp³-hybridized carbons (Fsp3) is 0.357. The van der Waals surface area contributed by atoms with Crippen LogP contribution in [0.2, 0.25) is 0 Å². The number of halogens is 1. The highest BCUT2D eigenvalue weighted by atomic mass is 79.9. The Morgan fingerprint density at radius 3 is 2.74 bits per heavy atom. The highest BCUT2D eigenvalue weighted by molar-refractivity contribution is 9.10. The lowest BCUT2D eigenvalue weighted by atomic mass is 10.0. The Bertz CT molecular complexity index is 630. The molecule has 0 aromatic carbocycles. The molecule has 3 rings (SSSR count). The zero-order chi connectivity index (χ0) is 13.2. The van der Waals surface area contributed by atoms with Crippen molar-refractivity contribution in [2.24, 2.45) is 0 Å². The molecule has 1 fully saturated rings. The van der Waals surface area contributed by atoms with E-state index < -0.39 is 0 Å². The van der Waals surface area contributed by atoms with Gasteiger partial charge in [0.1, 0.15) is 10.3 Å².